The summed E-state index contributed by atoms with van der Waals surface area (Å²) in [5, 5.41) is 8.73. The van der Waals surface area contributed by atoms with Crippen molar-refractivity contribution in [1.29, 1.82) is 0 Å². The lowest BCUT2D eigenvalue weighted by Gasteiger charge is -2.31. The van der Waals surface area contributed by atoms with E-state index in [-0.39, 0.29) is 12.7 Å². The molecular weight excluding hydrogens is 244 g/mol. The predicted molar refractivity (Wildman–Crippen MR) is 73.4 cm³/mol. The maximum atomic E-state index is 8.73. The minimum Gasteiger partial charge on any atom is -0.394 e. The second-order valence-electron chi connectivity index (χ2n) is 4.73. The van der Waals surface area contributed by atoms with E-state index in [2.05, 4.69) is 15.3 Å². The van der Waals surface area contributed by atoms with E-state index in [4.69, 9.17) is 15.7 Å². The van der Waals surface area contributed by atoms with Crippen molar-refractivity contribution in [3.05, 3.63) is 23.9 Å². The van der Waals surface area contributed by atoms with Crippen molar-refractivity contribution in [1.82, 2.24) is 9.88 Å². The summed E-state index contributed by atoms with van der Waals surface area (Å²) < 4.78 is 5.55. The van der Waals surface area contributed by atoms with Gasteiger partial charge in [-0.25, -0.2) is 10.8 Å². The first-order valence-electron chi connectivity index (χ1n) is 6.69. The van der Waals surface area contributed by atoms with Gasteiger partial charge in [-0.2, -0.15) is 0 Å². The van der Waals surface area contributed by atoms with Gasteiger partial charge in [0.2, 0.25) is 0 Å². The standard InChI is InChI=1S/C13H22N4O2/c14-16-13-3-1-2-11(15-13)10-17-6-4-12(5-7-17)19-9-8-18/h1-3,12,18H,4-10,14H2,(H,15,16). The quantitative estimate of drug-likeness (QED) is 0.509. The number of nitrogens with two attached hydrogens (primary N) is 1. The van der Waals surface area contributed by atoms with Crippen LogP contribution in [-0.2, 0) is 11.3 Å². The van der Waals surface area contributed by atoms with Gasteiger partial charge >= 0.3 is 0 Å². The summed E-state index contributed by atoms with van der Waals surface area (Å²) in [5.74, 6) is 6.05. The third kappa shape index (κ3) is 4.43. The zero-order valence-electron chi connectivity index (χ0n) is 11.1. The zero-order chi connectivity index (χ0) is 13.5. The molecule has 1 aromatic heterocycles. The van der Waals surface area contributed by atoms with E-state index in [1.165, 1.54) is 0 Å². The van der Waals surface area contributed by atoms with Crippen LogP contribution in [0.5, 0.6) is 0 Å². The van der Waals surface area contributed by atoms with E-state index in [0.717, 1.165) is 38.2 Å². The fourth-order valence-electron chi connectivity index (χ4n) is 2.33. The van der Waals surface area contributed by atoms with Gasteiger partial charge in [-0.1, -0.05) is 6.07 Å². The number of aliphatic hydroxyl groups excluding tert-OH is 1. The molecule has 0 amide bonds. The molecule has 1 aromatic rings. The number of hydrogen-bond donors (Lipinski definition) is 3. The highest BCUT2D eigenvalue weighted by Gasteiger charge is 2.19. The number of rotatable bonds is 6. The number of nitrogens with one attached hydrogen (secondary N) is 1. The van der Waals surface area contributed by atoms with Gasteiger partial charge in [0, 0.05) is 19.6 Å². The number of pyridine rings is 1. The molecule has 0 radical (unpaired) electrons. The number of piperidine rings is 1. The van der Waals surface area contributed by atoms with Crippen molar-refractivity contribution in [2.24, 2.45) is 5.84 Å². The summed E-state index contributed by atoms with van der Waals surface area (Å²) in [7, 11) is 0. The number of ether oxygens (including phenoxy) is 1. The summed E-state index contributed by atoms with van der Waals surface area (Å²) in [4.78, 5) is 6.77. The molecule has 0 saturated carbocycles. The number of aromatic nitrogens is 1. The van der Waals surface area contributed by atoms with Crippen LogP contribution in [0.4, 0.5) is 5.82 Å². The molecule has 1 aliphatic rings. The van der Waals surface area contributed by atoms with Gasteiger partial charge in [-0.05, 0) is 25.0 Å². The summed E-state index contributed by atoms with van der Waals surface area (Å²) in [5.41, 5.74) is 3.58. The van der Waals surface area contributed by atoms with Crippen LogP contribution in [0, 0.1) is 0 Å². The zero-order valence-corrected chi connectivity index (χ0v) is 11.1. The van der Waals surface area contributed by atoms with Crippen molar-refractivity contribution < 1.29 is 9.84 Å². The Morgan fingerprint density at radius 1 is 1.42 bits per heavy atom. The van der Waals surface area contributed by atoms with Gasteiger partial charge in [0.15, 0.2) is 0 Å². The Morgan fingerprint density at radius 2 is 2.21 bits per heavy atom. The fraction of sp³-hybridized carbons (Fsp3) is 0.615. The Morgan fingerprint density at radius 3 is 2.89 bits per heavy atom. The molecule has 1 saturated heterocycles. The Hall–Kier alpha value is -1.21. The minimum absolute atomic E-state index is 0.100. The third-order valence-electron chi connectivity index (χ3n) is 3.32. The second-order valence-corrected chi connectivity index (χ2v) is 4.73. The van der Waals surface area contributed by atoms with Gasteiger partial charge in [0.05, 0.1) is 25.0 Å². The molecular formula is C13H22N4O2. The molecule has 0 atom stereocenters. The lowest BCUT2D eigenvalue weighted by atomic mass is 10.1. The highest BCUT2D eigenvalue weighted by Crippen LogP contribution is 2.16. The van der Waals surface area contributed by atoms with Gasteiger partial charge in [-0.3, -0.25) is 4.90 Å². The molecule has 2 heterocycles. The summed E-state index contributed by atoms with van der Waals surface area (Å²) in [6.45, 7) is 3.37. The van der Waals surface area contributed by atoms with Crippen LogP contribution >= 0.6 is 0 Å². The topological polar surface area (TPSA) is 83.6 Å². The number of hydrogen-bond acceptors (Lipinski definition) is 6. The maximum absolute atomic E-state index is 8.73. The molecule has 1 fully saturated rings. The van der Waals surface area contributed by atoms with Crippen LogP contribution in [0.3, 0.4) is 0 Å². The van der Waals surface area contributed by atoms with E-state index in [0.29, 0.717) is 12.4 Å². The van der Waals surface area contributed by atoms with Crippen molar-refractivity contribution >= 4 is 5.82 Å². The number of anilines is 1. The Bertz CT molecular complexity index is 381. The lowest BCUT2D eigenvalue weighted by Crippen LogP contribution is -2.37. The summed E-state index contributed by atoms with van der Waals surface area (Å²) in [6.07, 6.45) is 2.30. The van der Waals surface area contributed by atoms with Crippen LogP contribution < -0.4 is 11.3 Å². The highest BCUT2D eigenvalue weighted by atomic mass is 16.5. The Kier molecular flexibility index (Phi) is 5.53. The second kappa shape index (κ2) is 7.40. The van der Waals surface area contributed by atoms with Crippen molar-refractivity contribution in [2.45, 2.75) is 25.5 Å². The van der Waals surface area contributed by atoms with Gasteiger partial charge in [-0.15, -0.1) is 0 Å². The first kappa shape index (κ1) is 14.2. The largest absolute Gasteiger partial charge is 0.394 e. The van der Waals surface area contributed by atoms with E-state index < -0.39 is 0 Å². The first-order chi connectivity index (χ1) is 9.31. The third-order valence-corrected chi connectivity index (χ3v) is 3.32. The average Bonchev–Trinajstić information content (AvgIpc) is 2.47. The van der Waals surface area contributed by atoms with Gasteiger partial charge in [0.25, 0.3) is 0 Å². The van der Waals surface area contributed by atoms with Crippen molar-refractivity contribution in [3.63, 3.8) is 0 Å². The molecule has 106 valence electrons. The van der Waals surface area contributed by atoms with Crippen LogP contribution in [0.25, 0.3) is 0 Å². The first-order valence-corrected chi connectivity index (χ1v) is 6.69. The van der Waals surface area contributed by atoms with Crippen LogP contribution in [-0.4, -0.2) is 47.4 Å². The normalized spacial score (nSPS) is 17.6. The van der Waals surface area contributed by atoms with E-state index in [1.54, 1.807) is 0 Å². The molecule has 2 rings (SSSR count). The van der Waals surface area contributed by atoms with Crippen molar-refractivity contribution in [2.75, 3.05) is 31.7 Å². The molecule has 6 heteroatoms. The fourth-order valence-corrected chi connectivity index (χ4v) is 2.33. The van der Waals surface area contributed by atoms with Crippen LogP contribution in [0.1, 0.15) is 18.5 Å². The number of likely N-dealkylation sites (tertiary alicyclic amines) is 1. The number of nitrogen functional groups attached to an aromatic ring is 1. The number of aliphatic hydroxyl groups is 1. The number of nitrogens with zero attached hydrogens (tertiary/aromatic N) is 2. The predicted octanol–water partition coefficient (Wildman–Crippen LogP) is 0.341. The van der Waals surface area contributed by atoms with Crippen molar-refractivity contribution in [3.8, 4) is 0 Å². The molecule has 0 aliphatic carbocycles. The minimum atomic E-state index is 0.100. The van der Waals surface area contributed by atoms with Gasteiger partial charge < -0.3 is 15.3 Å². The van der Waals surface area contributed by atoms with Gasteiger partial charge in [0.1, 0.15) is 5.82 Å². The average molecular weight is 266 g/mol. The molecule has 0 unspecified atom stereocenters. The Labute approximate surface area is 113 Å². The summed E-state index contributed by atoms with van der Waals surface area (Å²) in [6, 6.07) is 5.81. The lowest BCUT2D eigenvalue weighted by molar-refractivity contribution is -0.00918. The van der Waals surface area contributed by atoms with Crippen LogP contribution in [0.2, 0.25) is 0 Å². The molecule has 1 aliphatic heterocycles. The Balaban J connectivity index is 1.78. The molecule has 0 spiro atoms. The van der Waals surface area contributed by atoms with E-state index >= 15 is 0 Å². The molecule has 6 nitrogen and oxygen atoms in total. The highest BCUT2D eigenvalue weighted by molar-refractivity contribution is 5.33. The molecule has 0 bridgehead atoms. The molecule has 0 aromatic carbocycles. The molecule has 19 heavy (non-hydrogen) atoms. The monoisotopic (exact) mass is 266 g/mol. The molecule has 4 N–H and O–H groups in total. The summed E-state index contributed by atoms with van der Waals surface area (Å²) >= 11 is 0. The SMILES string of the molecule is NNc1cccc(CN2CCC(OCCO)CC2)n1. The van der Waals surface area contributed by atoms with E-state index in [1.807, 2.05) is 18.2 Å². The smallest absolute Gasteiger partial charge is 0.140 e. The van der Waals surface area contributed by atoms with E-state index in [9.17, 15) is 0 Å². The maximum Gasteiger partial charge on any atom is 0.140 e. The number of hydrazine groups is 1. The van der Waals surface area contributed by atoms with Crippen LogP contribution in [0.15, 0.2) is 18.2 Å².